The van der Waals surface area contributed by atoms with Gasteiger partial charge in [-0.1, -0.05) is 129 Å². The predicted octanol–water partition coefficient (Wildman–Crippen LogP) is 5.84. The summed E-state index contributed by atoms with van der Waals surface area (Å²) in [4.78, 5) is 12.9. The van der Waals surface area contributed by atoms with Crippen LogP contribution in [0.15, 0.2) is 0 Å². The third-order valence-electron chi connectivity index (χ3n) is 10.1. The fraction of sp³-hybridized carbons (Fsp3) is 0.974. The maximum Gasteiger partial charge on any atom is 0.220 e. The molecule has 0 aromatic carbocycles. The van der Waals surface area contributed by atoms with Crippen LogP contribution in [0.4, 0.5) is 0 Å². The lowest BCUT2D eigenvalue weighted by Crippen LogP contribution is -2.59. The average Bonchev–Trinajstić information content (AvgIpc) is 3.10. The first-order valence-electron chi connectivity index (χ1n) is 20.3. The molecule has 2 unspecified atom stereocenters. The molecule has 1 saturated heterocycles. The zero-order chi connectivity index (χ0) is 36.1. The SMILES string of the molecule is CCCCCCCCCCCCCC[C@@H](O)[C@@H](O)[C@H](CC[C@H]1OC(CO)[C@H](O)[C@H](O)C1O)NC(=O)CCCCCCCCOCCCCC. The zero-order valence-corrected chi connectivity index (χ0v) is 31.3. The van der Waals surface area contributed by atoms with Gasteiger partial charge in [0, 0.05) is 19.6 Å². The third kappa shape index (κ3) is 22.0. The second kappa shape index (κ2) is 30.7. The van der Waals surface area contributed by atoms with E-state index in [1.165, 1.54) is 70.6 Å². The first-order valence-corrected chi connectivity index (χ1v) is 20.3. The molecule has 7 N–H and O–H groups in total. The highest BCUT2D eigenvalue weighted by atomic mass is 16.5. The van der Waals surface area contributed by atoms with Crippen LogP contribution in [0.1, 0.15) is 174 Å². The van der Waals surface area contributed by atoms with Crippen molar-refractivity contribution in [1.29, 1.82) is 0 Å². The quantitative estimate of drug-likeness (QED) is 0.0415. The van der Waals surface area contributed by atoms with Crippen LogP contribution in [0.3, 0.4) is 0 Å². The van der Waals surface area contributed by atoms with E-state index in [-0.39, 0.29) is 18.7 Å². The van der Waals surface area contributed by atoms with Crippen molar-refractivity contribution in [3.8, 4) is 0 Å². The lowest BCUT2D eigenvalue weighted by atomic mass is 9.90. The smallest absolute Gasteiger partial charge is 0.220 e. The first-order chi connectivity index (χ1) is 23.8. The van der Waals surface area contributed by atoms with E-state index in [2.05, 4.69) is 19.2 Å². The van der Waals surface area contributed by atoms with Gasteiger partial charge in [0.25, 0.3) is 0 Å². The molecule has 1 rings (SSSR count). The Morgan fingerprint density at radius 1 is 0.633 bits per heavy atom. The van der Waals surface area contributed by atoms with Gasteiger partial charge in [-0.2, -0.15) is 0 Å². The largest absolute Gasteiger partial charge is 0.394 e. The summed E-state index contributed by atoms with van der Waals surface area (Å²) < 4.78 is 11.3. The Labute approximate surface area is 298 Å². The number of aliphatic hydroxyl groups excluding tert-OH is 6. The van der Waals surface area contributed by atoms with Crippen molar-refractivity contribution in [2.75, 3.05) is 19.8 Å². The Morgan fingerprint density at radius 2 is 1.10 bits per heavy atom. The molecule has 10 heteroatoms. The molecule has 1 aliphatic heterocycles. The van der Waals surface area contributed by atoms with Crippen LogP contribution in [0.5, 0.6) is 0 Å². The average molecular weight is 704 g/mol. The van der Waals surface area contributed by atoms with Crippen LogP contribution in [0.2, 0.25) is 0 Å². The molecular formula is C39H77NO9. The first kappa shape index (κ1) is 46.2. The highest BCUT2D eigenvalue weighted by molar-refractivity contribution is 5.76. The number of unbranched alkanes of at least 4 members (excludes halogenated alkanes) is 18. The van der Waals surface area contributed by atoms with E-state index in [4.69, 9.17) is 9.47 Å². The van der Waals surface area contributed by atoms with E-state index >= 15 is 0 Å². The van der Waals surface area contributed by atoms with Gasteiger partial charge in [0.05, 0.1) is 31.0 Å². The third-order valence-corrected chi connectivity index (χ3v) is 10.1. The lowest BCUT2D eigenvalue weighted by Gasteiger charge is -2.40. The number of aliphatic hydroxyl groups is 6. The molecule has 1 fully saturated rings. The van der Waals surface area contributed by atoms with Gasteiger partial charge in [-0.05, 0) is 38.5 Å². The maximum absolute atomic E-state index is 12.9. The van der Waals surface area contributed by atoms with Crippen molar-refractivity contribution in [3.05, 3.63) is 0 Å². The Hall–Kier alpha value is -0.850. The highest BCUT2D eigenvalue weighted by Crippen LogP contribution is 2.26. The Bertz CT molecular complexity index is 758. The van der Waals surface area contributed by atoms with E-state index in [1.807, 2.05) is 0 Å². The van der Waals surface area contributed by atoms with E-state index in [0.717, 1.165) is 77.4 Å². The van der Waals surface area contributed by atoms with Gasteiger partial charge in [0.15, 0.2) is 0 Å². The summed E-state index contributed by atoms with van der Waals surface area (Å²) >= 11 is 0. The van der Waals surface area contributed by atoms with E-state index in [9.17, 15) is 35.4 Å². The van der Waals surface area contributed by atoms with Gasteiger partial charge in [0.1, 0.15) is 24.4 Å². The topological polar surface area (TPSA) is 169 Å². The molecule has 1 heterocycles. The number of nitrogens with one attached hydrogen (secondary N) is 1. The van der Waals surface area contributed by atoms with Crippen LogP contribution in [0, 0.1) is 0 Å². The van der Waals surface area contributed by atoms with Gasteiger partial charge in [0.2, 0.25) is 5.91 Å². The number of carbonyl (C=O) groups is 1. The molecule has 0 radical (unpaired) electrons. The molecule has 10 nitrogen and oxygen atoms in total. The second-order valence-corrected chi connectivity index (χ2v) is 14.5. The van der Waals surface area contributed by atoms with Gasteiger partial charge < -0.3 is 45.4 Å². The summed E-state index contributed by atoms with van der Waals surface area (Å²) in [6.07, 6.45) is 16.6. The summed E-state index contributed by atoms with van der Waals surface area (Å²) in [5.41, 5.74) is 0. The molecule has 8 atom stereocenters. The van der Waals surface area contributed by atoms with Crippen LogP contribution < -0.4 is 5.32 Å². The summed E-state index contributed by atoms with van der Waals surface area (Å²) in [5.74, 6) is -0.198. The number of amides is 1. The minimum Gasteiger partial charge on any atom is -0.394 e. The maximum atomic E-state index is 12.9. The Kier molecular flexibility index (Phi) is 29.0. The molecule has 0 spiro atoms. The number of hydrogen-bond donors (Lipinski definition) is 7. The van der Waals surface area contributed by atoms with Gasteiger partial charge in [-0.15, -0.1) is 0 Å². The van der Waals surface area contributed by atoms with Crippen molar-refractivity contribution in [2.24, 2.45) is 0 Å². The van der Waals surface area contributed by atoms with Crippen LogP contribution in [-0.4, -0.2) is 105 Å². The van der Waals surface area contributed by atoms with Crippen molar-refractivity contribution < 1.29 is 44.9 Å². The molecule has 292 valence electrons. The summed E-state index contributed by atoms with van der Waals surface area (Å²) in [6, 6.07) is -0.774. The molecule has 0 aromatic rings. The Balaban J connectivity index is 2.47. The molecule has 1 amide bonds. The fourth-order valence-corrected chi connectivity index (χ4v) is 6.75. The molecule has 0 bridgehead atoms. The Morgan fingerprint density at radius 3 is 1.67 bits per heavy atom. The minimum atomic E-state index is -1.48. The summed E-state index contributed by atoms with van der Waals surface area (Å²) in [5, 5.41) is 65.3. The van der Waals surface area contributed by atoms with Crippen molar-refractivity contribution in [3.63, 3.8) is 0 Å². The van der Waals surface area contributed by atoms with Gasteiger partial charge in [-0.25, -0.2) is 0 Å². The molecule has 49 heavy (non-hydrogen) atoms. The zero-order valence-electron chi connectivity index (χ0n) is 31.3. The molecule has 0 saturated carbocycles. The normalized spacial score (nSPS) is 23.0. The predicted molar refractivity (Wildman–Crippen MR) is 195 cm³/mol. The molecular weight excluding hydrogens is 626 g/mol. The van der Waals surface area contributed by atoms with Crippen molar-refractivity contribution >= 4 is 5.91 Å². The van der Waals surface area contributed by atoms with Crippen LogP contribution >= 0.6 is 0 Å². The van der Waals surface area contributed by atoms with E-state index < -0.39 is 55.4 Å². The van der Waals surface area contributed by atoms with E-state index in [1.54, 1.807) is 0 Å². The second-order valence-electron chi connectivity index (χ2n) is 14.5. The number of hydrogen-bond acceptors (Lipinski definition) is 9. The summed E-state index contributed by atoms with van der Waals surface area (Å²) in [7, 11) is 0. The highest BCUT2D eigenvalue weighted by Gasteiger charge is 2.43. The fourth-order valence-electron chi connectivity index (χ4n) is 6.75. The van der Waals surface area contributed by atoms with Gasteiger partial charge in [-0.3, -0.25) is 4.79 Å². The molecule has 0 aromatic heterocycles. The van der Waals surface area contributed by atoms with Crippen LogP contribution in [0.25, 0.3) is 0 Å². The monoisotopic (exact) mass is 704 g/mol. The molecule has 0 aliphatic carbocycles. The van der Waals surface area contributed by atoms with Crippen molar-refractivity contribution in [2.45, 2.75) is 223 Å². The standard InChI is InChI=1S/C39H77NO9/c1-3-5-7-8-9-10-11-12-13-14-17-20-24-32(42)36(44)31(26-27-33-37(45)39(47)38(46)34(30-41)49-33)40-35(43)25-21-18-15-16-19-23-29-48-28-22-6-4-2/h31-34,36-39,41-42,44-47H,3-30H2,1-2H3,(H,40,43)/t31-,32+,33+,34?,36-,37?,38-,39+/m0/s1. The summed E-state index contributed by atoms with van der Waals surface area (Å²) in [6.45, 7) is 5.56. The van der Waals surface area contributed by atoms with E-state index in [0.29, 0.717) is 12.8 Å². The van der Waals surface area contributed by atoms with Gasteiger partial charge >= 0.3 is 0 Å². The number of rotatable bonds is 33. The lowest BCUT2D eigenvalue weighted by molar-refractivity contribution is -0.231. The van der Waals surface area contributed by atoms with Crippen molar-refractivity contribution in [1.82, 2.24) is 5.32 Å². The van der Waals surface area contributed by atoms with Crippen LogP contribution in [-0.2, 0) is 14.3 Å². The number of carbonyl (C=O) groups excluding carboxylic acids is 1. The number of ether oxygens (including phenoxy) is 2. The molecule has 1 aliphatic rings. The minimum absolute atomic E-state index is 0.150.